The summed E-state index contributed by atoms with van der Waals surface area (Å²) in [6, 6.07) is 13.5. The van der Waals surface area contributed by atoms with Crippen LogP contribution < -0.4 is 10.9 Å². The number of nitrogens with one attached hydrogen (secondary N) is 2. The number of para-hydroxylation sites is 2. The Morgan fingerprint density at radius 2 is 2.00 bits per heavy atom. The molecule has 27 heavy (non-hydrogen) atoms. The number of benzene rings is 2. The number of amides is 1. The number of hydrogen-bond acceptors (Lipinski definition) is 5. The maximum absolute atomic E-state index is 12.3. The Balaban J connectivity index is 1.45. The molecule has 0 aliphatic rings. The summed E-state index contributed by atoms with van der Waals surface area (Å²) in [4.78, 5) is 36.0. The van der Waals surface area contributed by atoms with Gasteiger partial charge in [-0.2, -0.15) is 0 Å². The molecule has 7 heteroatoms. The minimum atomic E-state index is -0.256. The van der Waals surface area contributed by atoms with Crippen LogP contribution in [0.1, 0.15) is 24.6 Å². The van der Waals surface area contributed by atoms with Gasteiger partial charge in [-0.3, -0.25) is 9.59 Å². The van der Waals surface area contributed by atoms with Crippen LogP contribution in [0.15, 0.2) is 47.3 Å². The van der Waals surface area contributed by atoms with Crippen LogP contribution >= 0.6 is 11.3 Å². The van der Waals surface area contributed by atoms with Crippen molar-refractivity contribution in [2.24, 2.45) is 0 Å². The Morgan fingerprint density at radius 3 is 2.85 bits per heavy atom. The smallest absolute Gasteiger partial charge is 0.270 e. The third kappa shape index (κ3) is 3.73. The molecule has 0 aliphatic carbocycles. The molecular formula is C20H18N4O2S. The number of thiazole rings is 1. The first-order valence-corrected chi connectivity index (χ1v) is 9.61. The van der Waals surface area contributed by atoms with Crippen LogP contribution in [0.5, 0.6) is 0 Å². The summed E-state index contributed by atoms with van der Waals surface area (Å²) < 4.78 is 1.05. The first-order chi connectivity index (χ1) is 13.1. The number of aromatic nitrogens is 3. The Hall–Kier alpha value is -3.06. The lowest BCUT2D eigenvalue weighted by Gasteiger charge is -2.03. The average Bonchev–Trinajstić information content (AvgIpc) is 3.07. The van der Waals surface area contributed by atoms with Crippen molar-refractivity contribution in [3.05, 3.63) is 64.1 Å². The van der Waals surface area contributed by atoms with Crippen molar-refractivity contribution in [2.75, 3.05) is 5.32 Å². The van der Waals surface area contributed by atoms with E-state index in [-0.39, 0.29) is 24.3 Å². The van der Waals surface area contributed by atoms with Gasteiger partial charge in [0.15, 0.2) is 5.13 Å². The molecule has 0 unspecified atom stereocenters. The van der Waals surface area contributed by atoms with Gasteiger partial charge in [-0.05, 0) is 36.2 Å². The number of hydrogen-bond donors (Lipinski definition) is 2. The van der Waals surface area contributed by atoms with E-state index in [1.165, 1.54) is 16.9 Å². The monoisotopic (exact) mass is 378 g/mol. The minimum absolute atomic E-state index is 0.171. The number of carbonyl (C=O) groups excluding carboxylic acids is 1. The van der Waals surface area contributed by atoms with Gasteiger partial charge in [-0.25, -0.2) is 9.97 Å². The van der Waals surface area contributed by atoms with Crippen molar-refractivity contribution in [2.45, 2.75) is 26.2 Å². The largest absolute Gasteiger partial charge is 0.319 e. The topological polar surface area (TPSA) is 87.7 Å². The molecule has 2 N–H and O–H groups in total. The molecule has 0 fully saturated rings. The number of aryl methyl sites for hydroxylation is 2. The van der Waals surface area contributed by atoms with Crippen molar-refractivity contribution < 1.29 is 4.79 Å². The Morgan fingerprint density at radius 1 is 1.15 bits per heavy atom. The standard InChI is InChI=1S/C20H18N4O2S/c1-2-12-7-8-15-17(11-12)27-20(23-15)24-18(25)10-9-16-19(26)22-14-6-4-3-5-13(14)21-16/h3-8,11H,2,9-10H2,1H3,(H,22,26)(H,23,24,25). The van der Waals surface area contributed by atoms with Gasteiger partial charge < -0.3 is 10.3 Å². The third-order valence-electron chi connectivity index (χ3n) is 4.37. The van der Waals surface area contributed by atoms with Gasteiger partial charge in [-0.1, -0.05) is 36.5 Å². The van der Waals surface area contributed by atoms with Crippen LogP contribution in [0, 0.1) is 0 Å². The average molecular weight is 378 g/mol. The summed E-state index contributed by atoms with van der Waals surface area (Å²) in [7, 11) is 0. The summed E-state index contributed by atoms with van der Waals surface area (Å²) in [6.45, 7) is 2.10. The second-order valence-corrected chi connectivity index (χ2v) is 7.28. The van der Waals surface area contributed by atoms with E-state index < -0.39 is 0 Å². The predicted molar refractivity (Wildman–Crippen MR) is 108 cm³/mol. The number of aromatic amines is 1. The van der Waals surface area contributed by atoms with E-state index in [0.29, 0.717) is 21.9 Å². The van der Waals surface area contributed by atoms with Crippen LogP contribution in [0.3, 0.4) is 0 Å². The number of rotatable bonds is 5. The Labute approximate surface area is 159 Å². The van der Waals surface area contributed by atoms with E-state index >= 15 is 0 Å². The lowest BCUT2D eigenvalue weighted by molar-refractivity contribution is -0.116. The molecule has 2 heterocycles. The van der Waals surface area contributed by atoms with Gasteiger partial charge >= 0.3 is 0 Å². The van der Waals surface area contributed by atoms with Crippen molar-refractivity contribution >= 4 is 43.6 Å². The molecule has 2 aromatic carbocycles. The van der Waals surface area contributed by atoms with Crippen molar-refractivity contribution in [3.63, 3.8) is 0 Å². The highest BCUT2D eigenvalue weighted by Crippen LogP contribution is 2.27. The summed E-state index contributed by atoms with van der Waals surface area (Å²) >= 11 is 1.46. The number of anilines is 1. The van der Waals surface area contributed by atoms with Gasteiger partial charge in [0.1, 0.15) is 5.69 Å². The molecule has 6 nitrogen and oxygen atoms in total. The SMILES string of the molecule is CCc1ccc2nc(NC(=O)CCc3nc4ccccc4[nH]c3=O)sc2c1. The maximum atomic E-state index is 12.3. The lowest BCUT2D eigenvalue weighted by atomic mass is 10.2. The number of nitrogens with zero attached hydrogens (tertiary/aromatic N) is 2. The highest BCUT2D eigenvalue weighted by Gasteiger charge is 2.11. The van der Waals surface area contributed by atoms with Crippen molar-refractivity contribution in [3.8, 4) is 0 Å². The zero-order valence-corrected chi connectivity index (χ0v) is 15.6. The molecule has 136 valence electrons. The molecule has 4 aromatic rings. The number of H-pyrrole nitrogens is 1. The normalized spacial score (nSPS) is 11.1. The van der Waals surface area contributed by atoms with Crippen molar-refractivity contribution in [1.29, 1.82) is 0 Å². The Bertz CT molecular complexity index is 1200. The molecule has 2 aromatic heterocycles. The van der Waals surface area contributed by atoms with Gasteiger partial charge in [0.2, 0.25) is 5.91 Å². The molecule has 0 atom stereocenters. The Kier molecular flexibility index (Phi) is 4.68. The maximum Gasteiger partial charge on any atom is 0.270 e. The quantitative estimate of drug-likeness (QED) is 0.555. The van der Waals surface area contributed by atoms with Crippen molar-refractivity contribution in [1.82, 2.24) is 15.0 Å². The zero-order valence-electron chi connectivity index (χ0n) is 14.8. The molecule has 0 radical (unpaired) electrons. The van der Waals surface area contributed by atoms with Crippen LogP contribution in [-0.4, -0.2) is 20.9 Å². The zero-order chi connectivity index (χ0) is 18.8. The molecule has 4 rings (SSSR count). The van der Waals surface area contributed by atoms with Gasteiger partial charge in [0.05, 0.1) is 21.3 Å². The third-order valence-corrected chi connectivity index (χ3v) is 5.30. The van der Waals surface area contributed by atoms with Crippen LogP contribution in [0.25, 0.3) is 21.3 Å². The molecule has 0 spiro atoms. The molecule has 1 amide bonds. The fraction of sp³-hybridized carbons (Fsp3) is 0.200. The van der Waals surface area contributed by atoms with E-state index in [4.69, 9.17) is 0 Å². The molecular weight excluding hydrogens is 360 g/mol. The summed E-state index contributed by atoms with van der Waals surface area (Å²) in [5.74, 6) is -0.181. The van der Waals surface area contributed by atoms with Gasteiger partial charge in [0, 0.05) is 12.8 Å². The lowest BCUT2D eigenvalue weighted by Crippen LogP contribution is -2.18. The molecule has 0 aliphatic heterocycles. The second-order valence-electron chi connectivity index (χ2n) is 6.25. The van der Waals surface area contributed by atoms with Gasteiger partial charge in [0.25, 0.3) is 5.56 Å². The fourth-order valence-electron chi connectivity index (χ4n) is 2.89. The van der Waals surface area contributed by atoms with Crippen LogP contribution in [0.4, 0.5) is 5.13 Å². The fourth-order valence-corrected chi connectivity index (χ4v) is 3.84. The van der Waals surface area contributed by atoms with E-state index in [2.05, 4.69) is 33.3 Å². The van der Waals surface area contributed by atoms with E-state index in [9.17, 15) is 9.59 Å². The van der Waals surface area contributed by atoms with Crippen LogP contribution in [0.2, 0.25) is 0 Å². The predicted octanol–water partition coefficient (Wildman–Crippen LogP) is 3.67. The number of carbonyl (C=O) groups is 1. The van der Waals surface area contributed by atoms with Crippen LogP contribution in [-0.2, 0) is 17.6 Å². The highest BCUT2D eigenvalue weighted by atomic mass is 32.1. The summed E-state index contributed by atoms with van der Waals surface area (Å²) in [5, 5.41) is 3.40. The first-order valence-electron chi connectivity index (χ1n) is 8.79. The molecule has 0 bridgehead atoms. The van der Waals surface area contributed by atoms with E-state index in [1.807, 2.05) is 30.3 Å². The molecule has 0 saturated carbocycles. The second kappa shape index (κ2) is 7.28. The van der Waals surface area contributed by atoms with E-state index in [1.54, 1.807) is 6.07 Å². The number of fused-ring (bicyclic) bond motifs is 2. The highest BCUT2D eigenvalue weighted by molar-refractivity contribution is 7.22. The minimum Gasteiger partial charge on any atom is -0.319 e. The van der Waals surface area contributed by atoms with Gasteiger partial charge in [-0.15, -0.1) is 0 Å². The first kappa shape index (κ1) is 17.4. The summed E-state index contributed by atoms with van der Waals surface area (Å²) in [6.07, 6.45) is 1.41. The van der Waals surface area contributed by atoms with E-state index in [0.717, 1.165) is 16.6 Å². The molecule has 0 saturated heterocycles. The summed E-state index contributed by atoms with van der Waals surface area (Å²) in [5.41, 5.74) is 3.63.